The van der Waals surface area contributed by atoms with Gasteiger partial charge in [0.15, 0.2) is 0 Å². The van der Waals surface area contributed by atoms with Crippen LogP contribution in [0.1, 0.15) is 45.1 Å². The van der Waals surface area contributed by atoms with Crippen LogP contribution in [-0.4, -0.2) is 31.3 Å². The van der Waals surface area contributed by atoms with E-state index < -0.39 is 0 Å². The number of rotatable bonds is 6. The molecule has 1 aromatic rings. The molecule has 120 valence electrons. The molecule has 0 radical (unpaired) electrons. The van der Waals surface area contributed by atoms with Crippen molar-refractivity contribution in [3.8, 4) is 0 Å². The molecular weight excluding hydrogens is 278 g/mol. The number of ether oxygens (including phenoxy) is 2. The van der Waals surface area contributed by atoms with Gasteiger partial charge in [0.1, 0.15) is 0 Å². The van der Waals surface area contributed by atoms with Gasteiger partial charge in [0.25, 0.3) is 0 Å². The molecule has 4 rings (SSSR count). The third kappa shape index (κ3) is 2.50. The predicted molar refractivity (Wildman–Crippen MR) is 86.0 cm³/mol. The number of hydrogen-bond donors (Lipinski definition) is 1. The summed E-state index contributed by atoms with van der Waals surface area (Å²) in [5.41, 5.74) is 1.90. The van der Waals surface area contributed by atoms with Gasteiger partial charge in [-0.05, 0) is 37.3 Å². The lowest BCUT2D eigenvalue weighted by atomic mass is 9.62. The molecule has 1 N–H and O–H groups in total. The molecular formula is C18H25NO3. The molecule has 3 fully saturated rings. The van der Waals surface area contributed by atoms with Gasteiger partial charge in [0.05, 0.1) is 24.2 Å². The van der Waals surface area contributed by atoms with E-state index in [1.165, 1.54) is 5.56 Å². The number of carbonyl (C=O) groups excluding carboxylic acids is 1. The second-order valence-corrected chi connectivity index (χ2v) is 6.92. The van der Waals surface area contributed by atoms with E-state index >= 15 is 0 Å². The highest BCUT2D eigenvalue weighted by Gasteiger charge is 2.66. The minimum absolute atomic E-state index is 0.0919. The van der Waals surface area contributed by atoms with Crippen molar-refractivity contribution in [1.29, 1.82) is 0 Å². The van der Waals surface area contributed by atoms with Crippen LogP contribution in [0.15, 0.2) is 24.3 Å². The Morgan fingerprint density at radius 2 is 2.09 bits per heavy atom. The molecule has 0 unspecified atom stereocenters. The van der Waals surface area contributed by atoms with E-state index in [0.717, 1.165) is 25.1 Å². The van der Waals surface area contributed by atoms with Crippen LogP contribution in [0.3, 0.4) is 0 Å². The first-order valence-corrected chi connectivity index (χ1v) is 8.14. The van der Waals surface area contributed by atoms with Gasteiger partial charge in [-0.15, -0.1) is 0 Å². The lowest BCUT2D eigenvalue weighted by Gasteiger charge is -2.42. The Bertz CT molecular complexity index is 561. The number of benzene rings is 1. The molecule has 1 aliphatic carbocycles. The zero-order chi connectivity index (χ0) is 15.8. The minimum Gasteiger partial charge on any atom is -0.465 e. The van der Waals surface area contributed by atoms with E-state index in [1.54, 1.807) is 0 Å². The molecule has 2 bridgehead atoms. The standard InChI is InChI=1S/C18H25NO3/c1-4-21-16(20)17-9-18(10-17,22-12-17)11-19-15-8-6-5-7-14(15)13(2)3/h5-8,13,19H,4,9-12H2,1-3H3. The zero-order valence-corrected chi connectivity index (χ0v) is 13.6. The summed E-state index contributed by atoms with van der Waals surface area (Å²) in [6.45, 7) is 7.92. The normalized spacial score (nSPS) is 29.3. The van der Waals surface area contributed by atoms with Gasteiger partial charge < -0.3 is 14.8 Å². The van der Waals surface area contributed by atoms with Gasteiger partial charge >= 0.3 is 5.97 Å². The van der Waals surface area contributed by atoms with Crippen LogP contribution in [0.5, 0.6) is 0 Å². The number of carbonyl (C=O) groups is 1. The fraction of sp³-hybridized carbons (Fsp3) is 0.611. The molecule has 2 heterocycles. The molecule has 0 spiro atoms. The van der Waals surface area contributed by atoms with Gasteiger partial charge in [-0.1, -0.05) is 32.0 Å². The predicted octanol–water partition coefficient (Wildman–Crippen LogP) is 3.33. The summed E-state index contributed by atoms with van der Waals surface area (Å²) in [6.07, 6.45) is 1.55. The Morgan fingerprint density at radius 1 is 1.36 bits per heavy atom. The van der Waals surface area contributed by atoms with E-state index in [0.29, 0.717) is 19.1 Å². The summed E-state index contributed by atoms with van der Waals surface area (Å²) in [5.74, 6) is 0.386. The average molecular weight is 303 g/mol. The fourth-order valence-electron chi connectivity index (χ4n) is 3.76. The van der Waals surface area contributed by atoms with Crippen molar-refractivity contribution in [2.75, 3.05) is 25.1 Å². The molecule has 4 nitrogen and oxygen atoms in total. The van der Waals surface area contributed by atoms with E-state index in [2.05, 4.69) is 37.4 Å². The zero-order valence-electron chi connectivity index (χ0n) is 13.6. The lowest BCUT2D eigenvalue weighted by Crippen LogP contribution is -2.52. The SMILES string of the molecule is CCOC(=O)C12COC(CNc3ccccc3C(C)C)(C1)C2. The number of hydrogen-bond acceptors (Lipinski definition) is 4. The molecule has 1 saturated carbocycles. The maximum atomic E-state index is 12.0. The van der Waals surface area contributed by atoms with E-state index in [9.17, 15) is 4.79 Å². The summed E-state index contributed by atoms with van der Waals surface area (Å²) < 4.78 is 11.1. The highest BCUT2D eigenvalue weighted by Crippen LogP contribution is 2.58. The Morgan fingerprint density at radius 3 is 2.77 bits per heavy atom. The molecule has 0 atom stereocenters. The van der Waals surface area contributed by atoms with Gasteiger partial charge in [-0.2, -0.15) is 0 Å². The topological polar surface area (TPSA) is 47.6 Å². The molecule has 0 amide bonds. The third-order valence-electron chi connectivity index (χ3n) is 4.87. The van der Waals surface area contributed by atoms with Gasteiger partial charge in [-0.25, -0.2) is 0 Å². The average Bonchev–Trinajstić information content (AvgIpc) is 3.02. The van der Waals surface area contributed by atoms with E-state index in [1.807, 2.05) is 13.0 Å². The third-order valence-corrected chi connectivity index (χ3v) is 4.87. The molecule has 3 aliphatic rings. The van der Waals surface area contributed by atoms with Crippen molar-refractivity contribution >= 4 is 11.7 Å². The number of para-hydroxylation sites is 1. The number of esters is 1. The van der Waals surface area contributed by atoms with Crippen molar-refractivity contribution in [2.45, 2.75) is 45.1 Å². The maximum absolute atomic E-state index is 12.0. The first-order chi connectivity index (χ1) is 10.5. The van der Waals surface area contributed by atoms with Crippen molar-refractivity contribution in [3.05, 3.63) is 29.8 Å². The molecule has 2 saturated heterocycles. The van der Waals surface area contributed by atoms with Crippen LogP contribution in [0.25, 0.3) is 0 Å². The van der Waals surface area contributed by atoms with Crippen LogP contribution in [0.4, 0.5) is 5.69 Å². The van der Waals surface area contributed by atoms with Crippen LogP contribution in [-0.2, 0) is 14.3 Å². The molecule has 2 aliphatic heterocycles. The Labute approximate surface area is 132 Å². The Kier molecular flexibility index (Phi) is 3.89. The smallest absolute Gasteiger partial charge is 0.314 e. The highest BCUT2D eigenvalue weighted by atomic mass is 16.6. The minimum atomic E-state index is -0.380. The van der Waals surface area contributed by atoms with Crippen molar-refractivity contribution in [3.63, 3.8) is 0 Å². The quantitative estimate of drug-likeness (QED) is 0.819. The summed E-state index contributed by atoms with van der Waals surface area (Å²) in [7, 11) is 0. The van der Waals surface area contributed by atoms with Crippen LogP contribution < -0.4 is 5.32 Å². The maximum Gasteiger partial charge on any atom is 0.314 e. The monoisotopic (exact) mass is 303 g/mol. The molecule has 0 aromatic heterocycles. The van der Waals surface area contributed by atoms with Gasteiger partial charge in [0, 0.05) is 12.2 Å². The summed E-state index contributed by atoms with van der Waals surface area (Å²) >= 11 is 0. The molecule has 22 heavy (non-hydrogen) atoms. The van der Waals surface area contributed by atoms with Crippen molar-refractivity contribution in [2.24, 2.45) is 5.41 Å². The number of nitrogens with one attached hydrogen (secondary N) is 1. The van der Waals surface area contributed by atoms with Crippen molar-refractivity contribution < 1.29 is 14.3 Å². The summed E-state index contributed by atoms with van der Waals surface area (Å²) in [5, 5.41) is 3.53. The molecule has 1 aromatic carbocycles. The second-order valence-electron chi connectivity index (χ2n) is 6.92. The van der Waals surface area contributed by atoms with E-state index in [-0.39, 0.29) is 17.0 Å². The van der Waals surface area contributed by atoms with Gasteiger partial charge in [-0.3, -0.25) is 4.79 Å². The van der Waals surface area contributed by atoms with Crippen LogP contribution in [0.2, 0.25) is 0 Å². The largest absolute Gasteiger partial charge is 0.465 e. The van der Waals surface area contributed by atoms with Gasteiger partial charge in [0.2, 0.25) is 0 Å². The fourth-order valence-corrected chi connectivity index (χ4v) is 3.76. The summed E-state index contributed by atoms with van der Waals surface area (Å²) in [4.78, 5) is 12.0. The summed E-state index contributed by atoms with van der Waals surface area (Å²) in [6, 6.07) is 8.38. The first kappa shape index (κ1) is 15.3. The Balaban J connectivity index is 1.62. The lowest BCUT2D eigenvalue weighted by molar-refractivity contribution is -0.160. The van der Waals surface area contributed by atoms with Crippen LogP contribution in [0, 0.1) is 5.41 Å². The van der Waals surface area contributed by atoms with E-state index in [4.69, 9.17) is 9.47 Å². The number of anilines is 1. The van der Waals surface area contributed by atoms with Crippen molar-refractivity contribution in [1.82, 2.24) is 0 Å². The molecule has 4 heteroatoms. The second kappa shape index (κ2) is 5.58. The highest BCUT2D eigenvalue weighted by molar-refractivity contribution is 5.79. The first-order valence-electron chi connectivity index (χ1n) is 8.14. The van der Waals surface area contributed by atoms with Crippen LogP contribution >= 0.6 is 0 Å². The number of fused-ring (bicyclic) bond motifs is 1. The Hall–Kier alpha value is -1.55.